The first-order chi connectivity index (χ1) is 9.72. The fourth-order valence-electron chi connectivity index (χ4n) is 2.26. The zero-order valence-electron chi connectivity index (χ0n) is 13.9. The molecule has 0 aliphatic carbocycles. The van der Waals surface area contributed by atoms with Crippen molar-refractivity contribution in [2.24, 2.45) is 5.92 Å². The van der Waals surface area contributed by atoms with Crippen molar-refractivity contribution >= 4 is 5.91 Å². The van der Waals surface area contributed by atoms with E-state index in [0.29, 0.717) is 19.4 Å². The molecule has 118 valence electrons. The molecule has 1 amide bonds. The van der Waals surface area contributed by atoms with Gasteiger partial charge in [0.1, 0.15) is 0 Å². The van der Waals surface area contributed by atoms with Gasteiger partial charge < -0.3 is 10.4 Å². The van der Waals surface area contributed by atoms with Gasteiger partial charge in [-0.3, -0.25) is 4.79 Å². The van der Waals surface area contributed by atoms with Crippen LogP contribution in [0.2, 0.25) is 0 Å². The number of aryl methyl sites for hydroxylation is 1. The Kier molecular flexibility index (Phi) is 6.41. The highest BCUT2D eigenvalue weighted by molar-refractivity contribution is 5.77. The molecule has 0 spiro atoms. The molecule has 0 aliphatic heterocycles. The molecule has 0 saturated carbocycles. The molecule has 2 N–H and O–H groups in total. The number of hydrogen-bond donors (Lipinski definition) is 2. The number of carbonyl (C=O) groups excluding carboxylic acids is 1. The molecule has 0 saturated heterocycles. The van der Waals surface area contributed by atoms with Crippen LogP contribution >= 0.6 is 0 Å². The first-order valence-electron chi connectivity index (χ1n) is 7.74. The van der Waals surface area contributed by atoms with E-state index in [1.165, 1.54) is 11.1 Å². The summed E-state index contributed by atoms with van der Waals surface area (Å²) in [7, 11) is 0. The third kappa shape index (κ3) is 5.88. The van der Waals surface area contributed by atoms with Crippen LogP contribution in [0, 0.1) is 12.8 Å². The fraction of sp³-hybridized carbons (Fsp3) is 0.611. The summed E-state index contributed by atoms with van der Waals surface area (Å²) in [6.45, 7) is 10.7. The number of amides is 1. The van der Waals surface area contributed by atoms with Gasteiger partial charge in [-0.1, -0.05) is 57.5 Å². The van der Waals surface area contributed by atoms with Crippen molar-refractivity contribution in [3.8, 4) is 0 Å². The van der Waals surface area contributed by atoms with Gasteiger partial charge in [-0.2, -0.15) is 0 Å². The van der Waals surface area contributed by atoms with Gasteiger partial charge in [-0.25, -0.2) is 0 Å². The third-order valence-corrected chi connectivity index (χ3v) is 3.97. The summed E-state index contributed by atoms with van der Waals surface area (Å²) in [6, 6.07) is 8.33. The van der Waals surface area contributed by atoms with E-state index >= 15 is 0 Å². The number of rotatable bonds is 7. The molecule has 0 heterocycles. The van der Waals surface area contributed by atoms with Crippen molar-refractivity contribution in [1.29, 1.82) is 0 Å². The molecule has 3 nitrogen and oxygen atoms in total. The lowest BCUT2D eigenvalue weighted by Gasteiger charge is -2.25. The van der Waals surface area contributed by atoms with Crippen LogP contribution in [-0.2, 0) is 10.2 Å². The summed E-state index contributed by atoms with van der Waals surface area (Å²) in [6.07, 6.45) is 0.706. The number of hydrogen-bond acceptors (Lipinski definition) is 2. The molecular weight excluding hydrogens is 262 g/mol. The minimum Gasteiger partial charge on any atom is -0.393 e. The van der Waals surface area contributed by atoms with E-state index in [9.17, 15) is 9.90 Å². The van der Waals surface area contributed by atoms with E-state index in [2.05, 4.69) is 50.4 Å². The van der Waals surface area contributed by atoms with E-state index in [1.807, 2.05) is 13.8 Å². The number of aliphatic hydroxyl groups excluding tert-OH is 1. The van der Waals surface area contributed by atoms with Gasteiger partial charge in [0, 0.05) is 13.0 Å². The molecule has 1 aromatic rings. The zero-order chi connectivity index (χ0) is 16.0. The second-order valence-electron chi connectivity index (χ2n) is 6.88. The van der Waals surface area contributed by atoms with Gasteiger partial charge in [0.15, 0.2) is 0 Å². The topological polar surface area (TPSA) is 49.3 Å². The van der Waals surface area contributed by atoms with Crippen LogP contribution in [0.25, 0.3) is 0 Å². The molecule has 1 unspecified atom stereocenters. The van der Waals surface area contributed by atoms with E-state index in [1.54, 1.807) is 0 Å². The second-order valence-corrected chi connectivity index (χ2v) is 6.88. The summed E-state index contributed by atoms with van der Waals surface area (Å²) >= 11 is 0. The summed E-state index contributed by atoms with van der Waals surface area (Å²) < 4.78 is 0. The number of benzene rings is 1. The van der Waals surface area contributed by atoms with Crippen LogP contribution in [0.4, 0.5) is 0 Å². The Labute approximate surface area is 128 Å². The Morgan fingerprint density at radius 2 is 1.81 bits per heavy atom. The Morgan fingerprint density at radius 3 is 2.33 bits per heavy atom. The molecule has 0 bridgehead atoms. The quantitative estimate of drug-likeness (QED) is 0.810. The van der Waals surface area contributed by atoms with Gasteiger partial charge in [-0.05, 0) is 30.2 Å². The lowest BCUT2D eigenvalue weighted by Crippen LogP contribution is -2.33. The highest BCUT2D eigenvalue weighted by Gasteiger charge is 2.24. The molecule has 0 aromatic heterocycles. The molecule has 1 atom stereocenters. The van der Waals surface area contributed by atoms with E-state index < -0.39 is 0 Å². The molecule has 0 aliphatic rings. The van der Waals surface area contributed by atoms with Crippen LogP contribution < -0.4 is 5.32 Å². The highest BCUT2D eigenvalue weighted by atomic mass is 16.3. The summed E-state index contributed by atoms with van der Waals surface area (Å²) in [5, 5.41) is 12.6. The highest BCUT2D eigenvalue weighted by Crippen LogP contribution is 2.27. The first-order valence-corrected chi connectivity index (χ1v) is 7.74. The molecule has 1 rings (SSSR count). The van der Waals surface area contributed by atoms with Crippen molar-refractivity contribution in [3.63, 3.8) is 0 Å². The second kappa shape index (κ2) is 7.60. The average molecular weight is 291 g/mol. The smallest absolute Gasteiger partial charge is 0.220 e. The lowest BCUT2D eigenvalue weighted by molar-refractivity contribution is -0.122. The Balaban J connectivity index is 2.47. The van der Waals surface area contributed by atoms with Crippen molar-refractivity contribution in [1.82, 2.24) is 5.32 Å². The first kappa shape index (κ1) is 17.7. The van der Waals surface area contributed by atoms with Gasteiger partial charge in [0.25, 0.3) is 0 Å². The van der Waals surface area contributed by atoms with Crippen molar-refractivity contribution in [2.75, 3.05) is 6.54 Å². The number of carbonyl (C=O) groups is 1. The lowest BCUT2D eigenvalue weighted by atomic mass is 9.81. The Hall–Kier alpha value is -1.35. The number of nitrogens with one attached hydrogen (secondary N) is 1. The average Bonchev–Trinajstić information content (AvgIpc) is 2.38. The normalized spacial score (nSPS) is 13.3. The standard InChI is InChI=1S/C18H29NO2/c1-13(2)16(20)10-11-19-17(21)12-18(4,5)15-8-6-14(3)7-9-15/h6-9,13,16,20H,10-12H2,1-5H3,(H,19,21). The number of aliphatic hydroxyl groups is 1. The molecule has 21 heavy (non-hydrogen) atoms. The third-order valence-electron chi connectivity index (χ3n) is 3.97. The predicted octanol–water partition coefficient (Wildman–Crippen LogP) is 3.19. The maximum Gasteiger partial charge on any atom is 0.220 e. The van der Waals surface area contributed by atoms with Crippen LogP contribution in [0.3, 0.4) is 0 Å². The zero-order valence-corrected chi connectivity index (χ0v) is 13.9. The molecule has 0 fully saturated rings. The maximum absolute atomic E-state index is 12.1. The molecular formula is C18H29NO2. The summed E-state index contributed by atoms with van der Waals surface area (Å²) in [5.41, 5.74) is 2.21. The summed E-state index contributed by atoms with van der Waals surface area (Å²) in [4.78, 5) is 12.1. The Bertz CT molecular complexity index is 449. The van der Waals surface area contributed by atoms with Gasteiger partial charge in [-0.15, -0.1) is 0 Å². The molecule has 1 aromatic carbocycles. The van der Waals surface area contributed by atoms with Crippen LogP contribution in [0.5, 0.6) is 0 Å². The maximum atomic E-state index is 12.1. The summed E-state index contributed by atoms with van der Waals surface area (Å²) in [5.74, 6) is 0.266. The van der Waals surface area contributed by atoms with E-state index in [4.69, 9.17) is 0 Å². The molecule has 0 radical (unpaired) electrons. The minimum absolute atomic E-state index is 0.0385. The Morgan fingerprint density at radius 1 is 1.24 bits per heavy atom. The van der Waals surface area contributed by atoms with Crippen molar-refractivity contribution < 1.29 is 9.90 Å². The van der Waals surface area contributed by atoms with Crippen LogP contribution in [0.15, 0.2) is 24.3 Å². The predicted molar refractivity (Wildman–Crippen MR) is 87.3 cm³/mol. The minimum atomic E-state index is -0.351. The SMILES string of the molecule is Cc1ccc(C(C)(C)CC(=O)NCCC(O)C(C)C)cc1. The van der Waals surface area contributed by atoms with Crippen LogP contribution in [0.1, 0.15) is 51.7 Å². The van der Waals surface area contributed by atoms with Gasteiger partial charge in [0.05, 0.1) is 6.10 Å². The van der Waals surface area contributed by atoms with E-state index in [-0.39, 0.29) is 23.3 Å². The molecule has 3 heteroatoms. The monoisotopic (exact) mass is 291 g/mol. The van der Waals surface area contributed by atoms with Gasteiger partial charge in [0.2, 0.25) is 5.91 Å². The fourth-order valence-corrected chi connectivity index (χ4v) is 2.26. The van der Waals surface area contributed by atoms with E-state index in [0.717, 1.165) is 0 Å². The van der Waals surface area contributed by atoms with Crippen molar-refractivity contribution in [3.05, 3.63) is 35.4 Å². The van der Waals surface area contributed by atoms with Crippen molar-refractivity contribution in [2.45, 2.75) is 59.0 Å². The largest absolute Gasteiger partial charge is 0.393 e. The van der Waals surface area contributed by atoms with Gasteiger partial charge >= 0.3 is 0 Å². The van der Waals surface area contributed by atoms with Crippen LogP contribution in [-0.4, -0.2) is 23.7 Å².